The summed E-state index contributed by atoms with van der Waals surface area (Å²) in [5.74, 6) is 0.182. The molecule has 0 aromatic heterocycles. The second-order valence-corrected chi connectivity index (χ2v) is 9.62. The van der Waals surface area contributed by atoms with Gasteiger partial charge in [-0.1, -0.05) is 101 Å². The van der Waals surface area contributed by atoms with Crippen LogP contribution in [-0.4, -0.2) is 12.6 Å². The van der Waals surface area contributed by atoms with Gasteiger partial charge in [-0.15, -0.1) is 0 Å². The molecule has 3 aromatic rings. The largest absolute Gasteiger partial charge is 0.423 e. The molecular weight excluding hydrogens is 444 g/mol. The number of hydrogen-bond donors (Lipinski definition) is 0. The van der Waals surface area contributed by atoms with Gasteiger partial charge in [0, 0.05) is 6.61 Å². The van der Waals surface area contributed by atoms with Gasteiger partial charge in [0.05, 0.1) is 11.7 Å². The molecule has 0 heterocycles. The Hall–Kier alpha value is -2.91. The van der Waals surface area contributed by atoms with Crippen LogP contribution in [0.4, 0.5) is 0 Å². The van der Waals surface area contributed by atoms with Crippen LogP contribution in [0, 0.1) is 0 Å². The highest BCUT2D eigenvalue weighted by Crippen LogP contribution is 2.24. The van der Waals surface area contributed by atoms with Crippen molar-refractivity contribution in [1.29, 1.82) is 0 Å². The Labute approximate surface area is 217 Å². The Bertz CT molecular complexity index is 1020. The van der Waals surface area contributed by atoms with Crippen LogP contribution in [0.15, 0.2) is 72.8 Å². The molecule has 3 heteroatoms. The second-order valence-electron chi connectivity index (χ2n) is 9.62. The molecule has 0 N–H and O–H groups in total. The summed E-state index contributed by atoms with van der Waals surface area (Å²) in [6.07, 6.45) is 11.5. The molecule has 0 radical (unpaired) electrons. The van der Waals surface area contributed by atoms with Gasteiger partial charge in [0.25, 0.3) is 0 Å². The zero-order valence-electron chi connectivity index (χ0n) is 22.3. The van der Waals surface area contributed by atoms with Gasteiger partial charge in [-0.05, 0) is 72.7 Å². The molecule has 0 amide bonds. The summed E-state index contributed by atoms with van der Waals surface area (Å²) in [6.45, 7) is 7.12. The van der Waals surface area contributed by atoms with E-state index in [1.165, 1.54) is 50.5 Å². The van der Waals surface area contributed by atoms with Crippen molar-refractivity contribution in [2.24, 2.45) is 0 Å². The van der Waals surface area contributed by atoms with E-state index < -0.39 is 0 Å². The number of benzene rings is 3. The Balaban J connectivity index is 1.48. The summed E-state index contributed by atoms with van der Waals surface area (Å²) >= 11 is 0. The molecular formula is C33H42O3. The molecule has 0 saturated carbocycles. The number of carbonyl (C=O) groups is 1. The maximum atomic E-state index is 12.6. The van der Waals surface area contributed by atoms with Crippen molar-refractivity contribution in [2.75, 3.05) is 6.61 Å². The van der Waals surface area contributed by atoms with Crippen LogP contribution in [-0.2, 0) is 11.2 Å². The third-order valence-corrected chi connectivity index (χ3v) is 6.61. The number of aryl methyl sites for hydroxylation is 1. The lowest BCUT2D eigenvalue weighted by Crippen LogP contribution is -2.08. The molecule has 0 aliphatic rings. The molecule has 0 saturated heterocycles. The predicted octanol–water partition coefficient (Wildman–Crippen LogP) is 9.35. The first-order chi connectivity index (χ1) is 17.6. The molecule has 3 aromatic carbocycles. The molecule has 0 spiro atoms. The monoisotopic (exact) mass is 486 g/mol. The van der Waals surface area contributed by atoms with E-state index in [1.807, 2.05) is 55.5 Å². The van der Waals surface area contributed by atoms with Crippen LogP contribution in [0.3, 0.4) is 0 Å². The zero-order valence-corrected chi connectivity index (χ0v) is 22.3. The van der Waals surface area contributed by atoms with Crippen molar-refractivity contribution in [3.8, 4) is 16.9 Å². The Morgan fingerprint density at radius 3 is 1.89 bits per heavy atom. The minimum absolute atomic E-state index is 0.0247. The number of rotatable bonds is 15. The Morgan fingerprint density at radius 1 is 0.694 bits per heavy atom. The van der Waals surface area contributed by atoms with Gasteiger partial charge in [-0.2, -0.15) is 0 Å². The molecule has 1 unspecified atom stereocenters. The lowest BCUT2D eigenvalue weighted by molar-refractivity contribution is 0.0662. The van der Waals surface area contributed by atoms with Crippen LogP contribution in [0.1, 0.15) is 99.7 Å². The third kappa shape index (κ3) is 8.95. The minimum atomic E-state index is -0.352. The van der Waals surface area contributed by atoms with Crippen LogP contribution < -0.4 is 4.74 Å². The van der Waals surface area contributed by atoms with Gasteiger partial charge in [0.1, 0.15) is 5.75 Å². The molecule has 0 bridgehead atoms. The van der Waals surface area contributed by atoms with Crippen LogP contribution in [0.25, 0.3) is 11.1 Å². The van der Waals surface area contributed by atoms with Crippen LogP contribution >= 0.6 is 0 Å². The van der Waals surface area contributed by atoms with Crippen molar-refractivity contribution in [3.05, 3.63) is 89.5 Å². The van der Waals surface area contributed by atoms with Gasteiger partial charge < -0.3 is 9.47 Å². The lowest BCUT2D eigenvalue weighted by atomic mass is 10.00. The van der Waals surface area contributed by atoms with Crippen LogP contribution in [0.5, 0.6) is 5.75 Å². The highest BCUT2D eigenvalue weighted by molar-refractivity contribution is 5.91. The summed E-state index contributed by atoms with van der Waals surface area (Å²) in [5, 5.41) is 0. The molecule has 192 valence electrons. The van der Waals surface area contributed by atoms with Gasteiger partial charge >= 0.3 is 5.97 Å². The predicted molar refractivity (Wildman–Crippen MR) is 150 cm³/mol. The number of hydrogen-bond acceptors (Lipinski definition) is 3. The van der Waals surface area contributed by atoms with Gasteiger partial charge in [-0.3, -0.25) is 0 Å². The fourth-order valence-electron chi connectivity index (χ4n) is 4.31. The highest BCUT2D eigenvalue weighted by Gasteiger charge is 2.11. The SMILES string of the molecule is CCCCCCCCCc1ccc(-c2ccc(C(=O)Oc3ccc(C(C)OCCC)cc3)cc2)cc1. The normalized spacial score (nSPS) is 11.9. The third-order valence-electron chi connectivity index (χ3n) is 6.61. The minimum Gasteiger partial charge on any atom is -0.423 e. The topological polar surface area (TPSA) is 35.5 Å². The molecule has 0 aliphatic heterocycles. The van der Waals surface area contributed by atoms with E-state index in [4.69, 9.17) is 9.47 Å². The fraction of sp³-hybridized carbons (Fsp3) is 0.424. The van der Waals surface area contributed by atoms with Gasteiger partial charge in [0.15, 0.2) is 0 Å². The van der Waals surface area contributed by atoms with Crippen molar-refractivity contribution in [2.45, 2.75) is 84.7 Å². The summed E-state index contributed by atoms with van der Waals surface area (Å²) < 4.78 is 11.3. The Kier molecular flexibility index (Phi) is 11.7. The summed E-state index contributed by atoms with van der Waals surface area (Å²) in [4.78, 5) is 12.6. The zero-order chi connectivity index (χ0) is 25.6. The summed E-state index contributed by atoms with van der Waals surface area (Å²) in [6, 6.07) is 24.0. The van der Waals surface area contributed by atoms with E-state index in [9.17, 15) is 4.79 Å². The summed E-state index contributed by atoms with van der Waals surface area (Å²) in [5.41, 5.74) is 5.26. The maximum absolute atomic E-state index is 12.6. The van der Waals surface area contributed by atoms with Crippen molar-refractivity contribution >= 4 is 5.97 Å². The number of ether oxygens (including phenoxy) is 2. The van der Waals surface area contributed by atoms with Crippen molar-refractivity contribution < 1.29 is 14.3 Å². The van der Waals surface area contributed by atoms with E-state index in [1.54, 1.807) is 0 Å². The maximum Gasteiger partial charge on any atom is 0.343 e. The lowest BCUT2D eigenvalue weighted by Gasteiger charge is -2.13. The van der Waals surface area contributed by atoms with Gasteiger partial charge in [0.2, 0.25) is 0 Å². The van der Waals surface area contributed by atoms with Gasteiger partial charge in [-0.25, -0.2) is 4.79 Å². The van der Waals surface area contributed by atoms with E-state index in [0.29, 0.717) is 11.3 Å². The first-order valence-electron chi connectivity index (χ1n) is 13.7. The first-order valence-corrected chi connectivity index (χ1v) is 13.7. The highest BCUT2D eigenvalue weighted by atomic mass is 16.5. The number of esters is 1. The quantitative estimate of drug-likeness (QED) is 0.122. The van der Waals surface area contributed by atoms with Crippen molar-refractivity contribution in [3.63, 3.8) is 0 Å². The first kappa shape index (κ1) is 27.7. The number of carbonyl (C=O) groups excluding carboxylic acids is 1. The average molecular weight is 487 g/mol. The molecule has 1 atom stereocenters. The van der Waals surface area contributed by atoms with E-state index in [-0.39, 0.29) is 12.1 Å². The van der Waals surface area contributed by atoms with E-state index in [0.717, 1.165) is 36.1 Å². The van der Waals surface area contributed by atoms with Crippen molar-refractivity contribution in [1.82, 2.24) is 0 Å². The second kappa shape index (κ2) is 15.3. The van der Waals surface area contributed by atoms with Crippen LogP contribution in [0.2, 0.25) is 0 Å². The van der Waals surface area contributed by atoms with E-state index >= 15 is 0 Å². The standard InChI is InChI=1S/C33H42O3/c1-4-6-7-8-9-10-11-12-27-13-15-29(16-14-27)30-17-19-31(20-18-30)33(34)36-32-23-21-28(22-24-32)26(3)35-25-5-2/h13-24,26H,4-12,25H2,1-3H3. The fourth-order valence-corrected chi connectivity index (χ4v) is 4.31. The smallest absolute Gasteiger partial charge is 0.343 e. The number of unbranched alkanes of at least 4 members (excludes halogenated alkanes) is 6. The molecule has 36 heavy (non-hydrogen) atoms. The molecule has 3 nitrogen and oxygen atoms in total. The van der Waals surface area contributed by atoms with E-state index in [2.05, 4.69) is 38.1 Å². The summed E-state index contributed by atoms with van der Waals surface area (Å²) in [7, 11) is 0. The average Bonchev–Trinajstić information content (AvgIpc) is 2.92. The Morgan fingerprint density at radius 2 is 1.28 bits per heavy atom. The molecule has 0 aliphatic carbocycles. The molecule has 0 fully saturated rings. The molecule has 3 rings (SSSR count).